The van der Waals surface area contributed by atoms with Gasteiger partial charge in [0.25, 0.3) is 5.91 Å². The van der Waals surface area contributed by atoms with Gasteiger partial charge in [-0.1, -0.05) is 24.6 Å². The Bertz CT molecular complexity index is 795. The summed E-state index contributed by atoms with van der Waals surface area (Å²) in [6, 6.07) is 5.50. The van der Waals surface area contributed by atoms with Crippen LogP contribution in [0.1, 0.15) is 37.9 Å². The van der Waals surface area contributed by atoms with Gasteiger partial charge >= 0.3 is 0 Å². The molecule has 1 fully saturated rings. The summed E-state index contributed by atoms with van der Waals surface area (Å²) in [7, 11) is 0. The molecule has 2 unspecified atom stereocenters. The molecule has 0 spiro atoms. The number of benzene rings is 1. The zero-order chi connectivity index (χ0) is 19.4. The van der Waals surface area contributed by atoms with Crippen LogP contribution in [-0.2, 0) is 11.3 Å². The first kappa shape index (κ1) is 20.1. The molecule has 1 amide bonds. The maximum absolute atomic E-state index is 12.4. The highest BCUT2D eigenvalue weighted by atomic mass is 35.5. The molecule has 27 heavy (non-hydrogen) atoms. The molecule has 5 nitrogen and oxygen atoms in total. The quantitative estimate of drug-likeness (QED) is 0.751. The number of nitrogens with zero attached hydrogens (tertiary/aromatic N) is 2. The number of hydrogen-bond donors (Lipinski definition) is 1. The predicted molar refractivity (Wildman–Crippen MR) is 111 cm³/mol. The van der Waals surface area contributed by atoms with Crippen molar-refractivity contribution in [3.05, 3.63) is 39.9 Å². The lowest BCUT2D eigenvalue weighted by Crippen LogP contribution is -2.33. The van der Waals surface area contributed by atoms with Crippen molar-refractivity contribution in [2.75, 3.05) is 18.4 Å². The highest BCUT2D eigenvalue weighted by molar-refractivity contribution is 7.13. The van der Waals surface area contributed by atoms with Crippen LogP contribution in [0.2, 0.25) is 5.02 Å². The number of piperidine rings is 1. The molecule has 0 radical (unpaired) electrons. The number of anilines is 1. The van der Waals surface area contributed by atoms with Crippen molar-refractivity contribution in [3.63, 3.8) is 0 Å². The molecule has 0 saturated carbocycles. The van der Waals surface area contributed by atoms with E-state index in [1.54, 1.807) is 13.0 Å². The first-order valence-corrected chi connectivity index (χ1v) is 10.6. The minimum Gasteiger partial charge on any atom is -0.479 e. The van der Waals surface area contributed by atoms with E-state index in [0.29, 0.717) is 15.9 Å². The van der Waals surface area contributed by atoms with Gasteiger partial charge in [-0.25, -0.2) is 4.98 Å². The maximum Gasteiger partial charge on any atom is 0.266 e. The van der Waals surface area contributed by atoms with E-state index in [9.17, 15) is 4.79 Å². The molecule has 1 aliphatic rings. The average molecular weight is 408 g/mol. The number of halogens is 1. The standard InChI is InChI=1S/C20H26ClN3O2S/c1-13-6-7-17(21)18(9-13)26-15(3)19(25)23-20-22-16(12-27-20)11-24-8-4-5-14(2)10-24/h6-7,9,12,14-15H,4-5,8,10-11H2,1-3H3,(H,22,23,25). The summed E-state index contributed by atoms with van der Waals surface area (Å²) in [5, 5.41) is 5.95. The lowest BCUT2D eigenvalue weighted by molar-refractivity contribution is -0.122. The molecule has 3 rings (SSSR count). The number of aromatic nitrogens is 1. The monoisotopic (exact) mass is 407 g/mol. The zero-order valence-corrected chi connectivity index (χ0v) is 17.6. The molecular formula is C20H26ClN3O2S. The van der Waals surface area contributed by atoms with Crippen molar-refractivity contribution in [3.8, 4) is 5.75 Å². The van der Waals surface area contributed by atoms with Gasteiger partial charge in [-0.2, -0.15) is 0 Å². The average Bonchev–Trinajstić information content (AvgIpc) is 3.05. The number of likely N-dealkylation sites (tertiary alicyclic amines) is 1. The molecule has 7 heteroatoms. The molecule has 1 aromatic carbocycles. The van der Waals surface area contributed by atoms with E-state index in [0.717, 1.165) is 36.8 Å². The number of thiazole rings is 1. The molecular weight excluding hydrogens is 382 g/mol. The van der Waals surface area contributed by atoms with E-state index >= 15 is 0 Å². The summed E-state index contributed by atoms with van der Waals surface area (Å²) >= 11 is 7.58. The largest absolute Gasteiger partial charge is 0.479 e. The van der Waals surface area contributed by atoms with E-state index in [2.05, 4.69) is 22.1 Å². The maximum atomic E-state index is 12.4. The Hall–Kier alpha value is -1.63. The minimum atomic E-state index is -0.667. The number of nitrogens with one attached hydrogen (secondary N) is 1. The van der Waals surface area contributed by atoms with Crippen LogP contribution < -0.4 is 10.1 Å². The first-order chi connectivity index (χ1) is 12.9. The summed E-state index contributed by atoms with van der Waals surface area (Å²) in [6.45, 7) is 9.02. The van der Waals surface area contributed by atoms with Crippen LogP contribution in [0.3, 0.4) is 0 Å². The van der Waals surface area contributed by atoms with E-state index in [1.807, 2.05) is 24.4 Å². The summed E-state index contributed by atoms with van der Waals surface area (Å²) in [6.07, 6.45) is 1.88. The predicted octanol–water partition coefficient (Wildman–Crippen LogP) is 4.74. The van der Waals surface area contributed by atoms with Crippen molar-refractivity contribution in [1.29, 1.82) is 0 Å². The fraction of sp³-hybridized carbons (Fsp3) is 0.500. The Kier molecular flexibility index (Phi) is 6.73. The number of ether oxygens (including phenoxy) is 1. The van der Waals surface area contributed by atoms with Gasteiger partial charge in [0.2, 0.25) is 0 Å². The molecule has 2 atom stereocenters. The number of carbonyl (C=O) groups excluding carboxylic acids is 1. The van der Waals surface area contributed by atoms with Crippen LogP contribution in [0.5, 0.6) is 5.75 Å². The lowest BCUT2D eigenvalue weighted by atomic mass is 10.0. The third-order valence-electron chi connectivity index (χ3n) is 4.67. The molecule has 1 aromatic heterocycles. The Labute approximate surface area is 169 Å². The summed E-state index contributed by atoms with van der Waals surface area (Å²) in [4.78, 5) is 19.4. The van der Waals surface area contributed by atoms with Crippen LogP contribution in [0, 0.1) is 12.8 Å². The summed E-state index contributed by atoms with van der Waals surface area (Å²) in [5.41, 5.74) is 2.03. The molecule has 2 heterocycles. The fourth-order valence-electron chi connectivity index (χ4n) is 3.25. The smallest absolute Gasteiger partial charge is 0.266 e. The highest BCUT2D eigenvalue weighted by Crippen LogP contribution is 2.27. The van der Waals surface area contributed by atoms with Gasteiger partial charge < -0.3 is 4.74 Å². The third-order valence-corrected chi connectivity index (χ3v) is 5.79. The first-order valence-electron chi connectivity index (χ1n) is 9.31. The normalized spacial score (nSPS) is 18.9. The summed E-state index contributed by atoms with van der Waals surface area (Å²) < 4.78 is 5.72. The molecule has 1 aliphatic heterocycles. The van der Waals surface area contributed by atoms with Crippen LogP contribution >= 0.6 is 22.9 Å². The third kappa shape index (κ3) is 5.67. The van der Waals surface area contributed by atoms with E-state index in [4.69, 9.17) is 16.3 Å². The second kappa shape index (κ2) is 9.04. The summed E-state index contributed by atoms with van der Waals surface area (Å²) in [5.74, 6) is 1.02. The Morgan fingerprint density at radius 1 is 1.52 bits per heavy atom. The van der Waals surface area contributed by atoms with E-state index in [-0.39, 0.29) is 5.91 Å². The van der Waals surface area contributed by atoms with Gasteiger partial charge in [-0.3, -0.25) is 15.0 Å². The van der Waals surface area contributed by atoms with Crippen molar-refractivity contribution >= 4 is 34.0 Å². The fourth-order valence-corrected chi connectivity index (χ4v) is 4.11. The molecule has 146 valence electrons. The minimum absolute atomic E-state index is 0.236. The van der Waals surface area contributed by atoms with Gasteiger partial charge in [-0.15, -0.1) is 11.3 Å². The molecule has 1 N–H and O–H groups in total. The van der Waals surface area contributed by atoms with Crippen LogP contribution in [0.25, 0.3) is 0 Å². The number of amides is 1. The van der Waals surface area contributed by atoms with Gasteiger partial charge in [0.15, 0.2) is 11.2 Å². The van der Waals surface area contributed by atoms with Crippen LogP contribution in [-0.4, -0.2) is 35.0 Å². The number of rotatable bonds is 6. The SMILES string of the molecule is Cc1ccc(Cl)c(OC(C)C(=O)Nc2nc(CN3CCCC(C)C3)cs2)c1. The van der Waals surface area contributed by atoms with Crippen molar-refractivity contribution in [1.82, 2.24) is 9.88 Å². The second-order valence-corrected chi connectivity index (χ2v) is 8.58. The Morgan fingerprint density at radius 3 is 3.11 bits per heavy atom. The Balaban J connectivity index is 1.54. The lowest BCUT2D eigenvalue weighted by Gasteiger charge is -2.30. The Morgan fingerprint density at radius 2 is 2.33 bits per heavy atom. The van der Waals surface area contributed by atoms with Crippen molar-refractivity contribution < 1.29 is 9.53 Å². The number of carbonyl (C=O) groups is 1. The van der Waals surface area contributed by atoms with Crippen molar-refractivity contribution in [2.45, 2.75) is 46.3 Å². The molecule has 2 aromatic rings. The topological polar surface area (TPSA) is 54.5 Å². The van der Waals surface area contributed by atoms with Gasteiger partial charge in [0.05, 0.1) is 10.7 Å². The van der Waals surface area contributed by atoms with E-state index in [1.165, 1.54) is 24.2 Å². The van der Waals surface area contributed by atoms with Crippen LogP contribution in [0.15, 0.2) is 23.6 Å². The number of aryl methyl sites for hydroxylation is 1. The zero-order valence-electron chi connectivity index (χ0n) is 16.0. The number of hydrogen-bond acceptors (Lipinski definition) is 5. The van der Waals surface area contributed by atoms with E-state index < -0.39 is 6.10 Å². The van der Waals surface area contributed by atoms with Gasteiger partial charge in [0.1, 0.15) is 5.75 Å². The highest BCUT2D eigenvalue weighted by Gasteiger charge is 2.20. The van der Waals surface area contributed by atoms with Crippen molar-refractivity contribution in [2.24, 2.45) is 5.92 Å². The molecule has 0 bridgehead atoms. The van der Waals surface area contributed by atoms with Gasteiger partial charge in [-0.05, 0) is 56.8 Å². The molecule has 1 saturated heterocycles. The molecule has 0 aliphatic carbocycles. The van der Waals surface area contributed by atoms with Crippen LogP contribution in [0.4, 0.5) is 5.13 Å². The second-order valence-electron chi connectivity index (χ2n) is 7.31. The van der Waals surface area contributed by atoms with Gasteiger partial charge in [0, 0.05) is 18.5 Å².